The van der Waals surface area contributed by atoms with Crippen molar-refractivity contribution in [1.29, 1.82) is 0 Å². The third-order valence-electron chi connectivity index (χ3n) is 3.68. The summed E-state index contributed by atoms with van der Waals surface area (Å²) in [5, 5.41) is 2.02. The highest BCUT2D eigenvalue weighted by Crippen LogP contribution is 2.24. The smallest absolute Gasteiger partial charge is 0.238 e. The van der Waals surface area contributed by atoms with E-state index in [0.717, 1.165) is 45.4 Å². The molecule has 0 radical (unpaired) electrons. The lowest BCUT2D eigenvalue weighted by atomic mass is 10.0. The Morgan fingerprint density at radius 1 is 1.25 bits per heavy atom. The zero-order valence-corrected chi connectivity index (χ0v) is 9.98. The molecule has 0 aromatic carbocycles. The molecule has 2 unspecified atom stereocenters. The van der Waals surface area contributed by atoms with Crippen molar-refractivity contribution in [3.8, 4) is 0 Å². The van der Waals surface area contributed by atoms with E-state index in [2.05, 4.69) is 17.4 Å². The summed E-state index contributed by atoms with van der Waals surface area (Å²) >= 11 is 0. The molecule has 3 N–H and O–H groups in total. The van der Waals surface area contributed by atoms with Crippen LogP contribution in [0.5, 0.6) is 0 Å². The minimum atomic E-state index is 0.0275. The molecule has 92 valence electrons. The van der Waals surface area contributed by atoms with Crippen LogP contribution in [-0.4, -0.2) is 55.1 Å². The van der Waals surface area contributed by atoms with Crippen LogP contribution in [0.4, 0.5) is 0 Å². The molecule has 2 aliphatic rings. The van der Waals surface area contributed by atoms with Crippen molar-refractivity contribution in [1.82, 2.24) is 15.3 Å². The van der Waals surface area contributed by atoms with Crippen molar-refractivity contribution in [3.63, 3.8) is 0 Å². The Hall–Kier alpha value is -0.650. The van der Waals surface area contributed by atoms with Crippen LogP contribution >= 0.6 is 0 Å². The van der Waals surface area contributed by atoms with Crippen molar-refractivity contribution in [2.45, 2.75) is 25.3 Å². The molecule has 16 heavy (non-hydrogen) atoms. The normalized spacial score (nSPS) is 32.9. The first-order chi connectivity index (χ1) is 7.66. The molecule has 1 saturated carbocycles. The Bertz CT molecular complexity index is 250. The van der Waals surface area contributed by atoms with Gasteiger partial charge in [-0.15, -0.1) is 0 Å². The van der Waals surface area contributed by atoms with Gasteiger partial charge in [-0.3, -0.25) is 10.2 Å². The maximum atomic E-state index is 12.0. The number of carbonyl (C=O) groups is 1. The van der Waals surface area contributed by atoms with Crippen molar-refractivity contribution < 1.29 is 4.79 Å². The molecule has 1 aliphatic heterocycles. The standard InChI is InChI=1S/C11H22N4O/c1-14-5-7-15(8-6-14)13-11(16)9-3-2-4-10(9)12/h9-10H,2-8,12H2,1H3,(H,13,16). The molecule has 5 heteroatoms. The van der Waals surface area contributed by atoms with Crippen LogP contribution in [-0.2, 0) is 4.79 Å². The third kappa shape index (κ3) is 2.72. The summed E-state index contributed by atoms with van der Waals surface area (Å²) in [5.74, 6) is 0.147. The first-order valence-corrected chi connectivity index (χ1v) is 6.16. The second-order valence-electron chi connectivity index (χ2n) is 4.97. The van der Waals surface area contributed by atoms with E-state index in [0.29, 0.717) is 0 Å². The van der Waals surface area contributed by atoms with Crippen molar-refractivity contribution in [2.75, 3.05) is 33.2 Å². The summed E-state index contributed by atoms with van der Waals surface area (Å²) in [7, 11) is 2.10. The van der Waals surface area contributed by atoms with E-state index in [4.69, 9.17) is 5.73 Å². The van der Waals surface area contributed by atoms with Gasteiger partial charge in [-0.25, -0.2) is 5.01 Å². The molecule has 1 aliphatic carbocycles. The van der Waals surface area contributed by atoms with Crippen LogP contribution in [0, 0.1) is 5.92 Å². The highest BCUT2D eigenvalue weighted by Gasteiger charge is 2.31. The van der Waals surface area contributed by atoms with E-state index < -0.39 is 0 Å². The number of likely N-dealkylation sites (N-methyl/N-ethyl adjacent to an activating group) is 1. The number of nitrogens with one attached hydrogen (secondary N) is 1. The van der Waals surface area contributed by atoms with Gasteiger partial charge in [-0.05, 0) is 19.9 Å². The number of amides is 1. The average molecular weight is 226 g/mol. The third-order valence-corrected chi connectivity index (χ3v) is 3.68. The number of hydrogen-bond acceptors (Lipinski definition) is 4. The number of rotatable bonds is 2. The van der Waals surface area contributed by atoms with Gasteiger partial charge in [0.15, 0.2) is 0 Å². The summed E-state index contributed by atoms with van der Waals surface area (Å²) in [6, 6.07) is 0.0625. The van der Waals surface area contributed by atoms with Gasteiger partial charge >= 0.3 is 0 Å². The van der Waals surface area contributed by atoms with Gasteiger partial charge in [-0.1, -0.05) is 6.42 Å². The number of hydrogen-bond donors (Lipinski definition) is 2. The minimum absolute atomic E-state index is 0.0275. The average Bonchev–Trinajstić information content (AvgIpc) is 2.68. The summed E-state index contributed by atoms with van der Waals surface area (Å²) in [4.78, 5) is 14.2. The van der Waals surface area contributed by atoms with Crippen LogP contribution in [0.25, 0.3) is 0 Å². The maximum Gasteiger partial charge on any atom is 0.238 e. The Kier molecular flexibility index (Phi) is 3.78. The summed E-state index contributed by atoms with van der Waals surface area (Å²) in [6.45, 7) is 3.84. The van der Waals surface area contributed by atoms with Crippen LogP contribution in [0.2, 0.25) is 0 Å². The first kappa shape index (κ1) is 11.8. The number of nitrogens with two attached hydrogens (primary N) is 1. The molecule has 0 aromatic rings. The monoisotopic (exact) mass is 226 g/mol. The molecule has 0 aromatic heterocycles. The predicted octanol–water partition coefficient (Wildman–Crippen LogP) is -0.608. The van der Waals surface area contributed by atoms with E-state index in [9.17, 15) is 4.79 Å². The zero-order chi connectivity index (χ0) is 11.5. The number of hydrazine groups is 1. The first-order valence-electron chi connectivity index (χ1n) is 6.16. The Morgan fingerprint density at radius 2 is 1.94 bits per heavy atom. The fourth-order valence-corrected chi connectivity index (χ4v) is 2.47. The molecule has 5 nitrogen and oxygen atoms in total. The van der Waals surface area contributed by atoms with Gasteiger partial charge < -0.3 is 10.6 Å². The Morgan fingerprint density at radius 3 is 2.50 bits per heavy atom. The number of piperazine rings is 1. The fourth-order valence-electron chi connectivity index (χ4n) is 2.47. The number of nitrogens with zero attached hydrogens (tertiary/aromatic N) is 2. The summed E-state index contributed by atoms with van der Waals surface area (Å²) in [6.07, 6.45) is 3.02. The molecular weight excluding hydrogens is 204 g/mol. The van der Waals surface area contributed by atoms with Crippen LogP contribution in [0.3, 0.4) is 0 Å². The highest BCUT2D eigenvalue weighted by atomic mass is 16.2. The molecule has 1 amide bonds. The maximum absolute atomic E-state index is 12.0. The SMILES string of the molecule is CN1CCN(NC(=O)C2CCCC2N)CC1. The highest BCUT2D eigenvalue weighted by molar-refractivity contribution is 5.79. The van der Waals surface area contributed by atoms with E-state index in [1.165, 1.54) is 0 Å². The van der Waals surface area contributed by atoms with Crippen molar-refractivity contribution in [2.24, 2.45) is 11.7 Å². The van der Waals surface area contributed by atoms with Crippen LogP contribution in [0.15, 0.2) is 0 Å². The molecular formula is C11H22N4O. The van der Waals surface area contributed by atoms with Gasteiger partial charge in [0.25, 0.3) is 0 Å². The molecule has 2 atom stereocenters. The van der Waals surface area contributed by atoms with Crippen molar-refractivity contribution in [3.05, 3.63) is 0 Å². The summed E-state index contributed by atoms with van der Waals surface area (Å²) in [5.41, 5.74) is 8.92. The fraction of sp³-hybridized carbons (Fsp3) is 0.909. The van der Waals surface area contributed by atoms with E-state index in [1.807, 2.05) is 5.01 Å². The molecule has 2 fully saturated rings. The molecule has 0 spiro atoms. The van der Waals surface area contributed by atoms with Gasteiger partial charge in [0.2, 0.25) is 5.91 Å². The second-order valence-corrected chi connectivity index (χ2v) is 4.97. The van der Waals surface area contributed by atoms with Gasteiger partial charge in [0, 0.05) is 32.2 Å². The minimum Gasteiger partial charge on any atom is -0.327 e. The van der Waals surface area contributed by atoms with E-state index >= 15 is 0 Å². The molecule has 0 bridgehead atoms. The zero-order valence-electron chi connectivity index (χ0n) is 9.98. The molecule has 2 rings (SSSR count). The molecule has 1 saturated heterocycles. The lowest BCUT2D eigenvalue weighted by Crippen LogP contribution is -2.54. The second kappa shape index (κ2) is 5.12. The Labute approximate surface area is 96.9 Å². The lowest BCUT2D eigenvalue weighted by molar-refractivity contribution is -0.130. The number of carbonyl (C=O) groups excluding carboxylic acids is 1. The van der Waals surface area contributed by atoms with E-state index in [-0.39, 0.29) is 17.9 Å². The summed E-state index contributed by atoms with van der Waals surface area (Å²) < 4.78 is 0. The Balaban J connectivity index is 1.78. The van der Waals surface area contributed by atoms with Gasteiger partial charge in [0.1, 0.15) is 0 Å². The largest absolute Gasteiger partial charge is 0.327 e. The topological polar surface area (TPSA) is 61.6 Å². The van der Waals surface area contributed by atoms with Gasteiger partial charge in [0.05, 0.1) is 5.92 Å². The van der Waals surface area contributed by atoms with Crippen LogP contribution < -0.4 is 11.2 Å². The lowest BCUT2D eigenvalue weighted by Gasteiger charge is -2.33. The van der Waals surface area contributed by atoms with Crippen LogP contribution in [0.1, 0.15) is 19.3 Å². The predicted molar refractivity (Wildman–Crippen MR) is 62.5 cm³/mol. The quantitative estimate of drug-likeness (QED) is 0.659. The van der Waals surface area contributed by atoms with Crippen molar-refractivity contribution >= 4 is 5.91 Å². The van der Waals surface area contributed by atoms with Gasteiger partial charge in [-0.2, -0.15) is 0 Å². The molecule has 1 heterocycles. The van der Waals surface area contributed by atoms with E-state index in [1.54, 1.807) is 0 Å².